The molecule has 2 rings (SSSR count). The molecule has 0 radical (unpaired) electrons. The Morgan fingerprint density at radius 3 is 2.48 bits per heavy atom. The van der Waals surface area contributed by atoms with E-state index < -0.39 is 10.0 Å². The highest BCUT2D eigenvalue weighted by molar-refractivity contribution is 7.92. The molecule has 6 nitrogen and oxygen atoms in total. The third-order valence-electron chi connectivity index (χ3n) is 3.91. The topological polar surface area (TPSA) is 75.7 Å². The average Bonchev–Trinajstić information content (AvgIpc) is 2.63. The summed E-state index contributed by atoms with van der Waals surface area (Å²) in [5.74, 6) is 0.434. The molecule has 2 aromatic carbocycles. The van der Waals surface area contributed by atoms with Gasteiger partial charge in [0.1, 0.15) is 12.3 Å². The molecule has 0 atom stereocenters. The van der Waals surface area contributed by atoms with Gasteiger partial charge in [-0.05, 0) is 48.7 Å². The Hall–Kier alpha value is -2.25. The van der Waals surface area contributed by atoms with E-state index >= 15 is 0 Å². The average molecular weight is 411 g/mol. The number of aryl methyl sites for hydroxylation is 1. The van der Waals surface area contributed by atoms with Gasteiger partial charge in [0, 0.05) is 11.6 Å². The largest absolute Gasteiger partial charge is 0.497 e. The van der Waals surface area contributed by atoms with Gasteiger partial charge in [-0.1, -0.05) is 29.8 Å². The summed E-state index contributed by atoms with van der Waals surface area (Å²) in [6.45, 7) is 0.166. The van der Waals surface area contributed by atoms with E-state index in [-0.39, 0.29) is 12.5 Å². The number of sulfonamides is 1. The van der Waals surface area contributed by atoms with Crippen molar-refractivity contribution in [1.82, 2.24) is 5.32 Å². The van der Waals surface area contributed by atoms with Crippen LogP contribution in [0.2, 0.25) is 5.02 Å². The van der Waals surface area contributed by atoms with Crippen LogP contribution in [0.1, 0.15) is 12.0 Å². The molecule has 0 heterocycles. The lowest BCUT2D eigenvalue weighted by molar-refractivity contribution is -0.119. The molecule has 0 spiro atoms. The SMILES string of the molecule is COc1ccc(CCCNC(=O)CN(c2cccc(Cl)c2)S(C)(=O)=O)cc1. The lowest BCUT2D eigenvalue weighted by Crippen LogP contribution is -2.40. The number of amides is 1. The predicted octanol–water partition coefficient (Wildman–Crippen LogP) is 2.86. The first-order valence-corrected chi connectivity index (χ1v) is 10.6. The first kappa shape index (κ1) is 21.1. The number of halogens is 1. The first-order chi connectivity index (χ1) is 12.8. The number of nitrogens with one attached hydrogen (secondary N) is 1. The quantitative estimate of drug-likeness (QED) is 0.645. The summed E-state index contributed by atoms with van der Waals surface area (Å²) in [6.07, 6.45) is 2.60. The van der Waals surface area contributed by atoms with Crippen molar-refractivity contribution in [3.8, 4) is 5.75 Å². The van der Waals surface area contributed by atoms with Crippen LogP contribution in [0.25, 0.3) is 0 Å². The van der Waals surface area contributed by atoms with Gasteiger partial charge in [-0.2, -0.15) is 0 Å². The molecule has 2 aromatic rings. The van der Waals surface area contributed by atoms with Crippen molar-refractivity contribution >= 4 is 33.2 Å². The van der Waals surface area contributed by atoms with E-state index in [2.05, 4.69) is 5.32 Å². The zero-order chi connectivity index (χ0) is 19.9. The number of anilines is 1. The van der Waals surface area contributed by atoms with Crippen molar-refractivity contribution in [2.24, 2.45) is 0 Å². The van der Waals surface area contributed by atoms with Gasteiger partial charge >= 0.3 is 0 Å². The number of carbonyl (C=O) groups is 1. The fourth-order valence-corrected chi connectivity index (χ4v) is 3.56. The summed E-state index contributed by atoms with van der Waals surface area (Å²) < 4.78 is 30.2. The van der Waals surface area contributed by atoms with Crippen LogP contribution in [0.5, 0.6) is 5.75 Å². The number of nitrogens with zero attached hydrogens (tertiary/aromatic N) is 1. The molecule has 1 N–H and O–H groups in total. The lowest BCUT2D eigenvalue weighted by atomic mass is 10.1. The fourth-order valence-electron chi connectivity index (χ4n) is 2.53. The number of hydrogen-bond acceptors (Lipinski definition) is 4. The number of ether oxygens (including phenoxy) is 1. The van der Waals surface area contributed by atoms with Crippen molar-refractivity contribution in [2.75, 3.05) is 30.8 Å². The maximum Gasteiger partial charge on any atom is 0.240 e. The number of methoxy groups -OCH3 is 1. The standard InChI is InChI=1S/C19H23ClN2O4S/c1-26-18-10-8-15(9-11-18)5-4-12-21-19(23)14-22(27(2,24)25)17-7-3-6-16(20)13-17/h3,6-11,13H,4-5,12,14H2,1-2H3,(H,21,23). The van der Waals surface area contributed by atoms with Gasteiger partial charge in [-0.25, -0.2) is 8.42 Å². The van der Waals surface area contributed by atoms with Gasteiger partial charge in [-0.15, -0.1) is 0 Å². The highest BCUT2D eigenvalue weighted by Gasteiger charge is 2.20. The highest BCUT2D eigenvalue weighted by atomic mass is 35.5. The number of carbonyl (C=O) groups excluding carboxylic acids is 1. The van der Waals surface area contributed by atoms with Crippen LogP contribution in [0.4, 0.5) is 5.69 Å². The second-order valence-corrected chi connectivity index (χ2v) is 8.39. The van der Waals surface area contributed by atoms with Crippen molar-refractivity contribution in [3.63, 3.8) is 0 Å². The van der Waals surface area contributed by atoms with Crippen LogP contribution in [0, 0.1) is 0 Å². The van der Waals surface area contributed by atoms with Gasteiger partial charge in [-0.3, -0.25) is 9.10 Å². The second kappa shape index (κ2) is 9.62. The Morgan fingerprint density at radius 1 is 1.19 bits per heavy atom. The zero-order valence-corrected chi connectivity index (χ0v) is 16.9. The molecular formula is C19H23ClN2O4S. The molecule has 8 heteroatoms. The Kier molecular flexibility index (Phi) is 7.50. The Morgan fingerprint density at radius 2 is 1.89 bits per heavy atom. The number of benzene rings is 2. The summed E-state index contributed by atoms with van der Waals surface area (Å²) in [6, 6.07) is 14.1. The van der Waals surface area contributed by atoms with Gasteiger partial charge in [0.25, 0.3) is 0 Å². The van der Waals surface area contributed by atoms with E-state index in [9.17, 15) is 13.2 Å². The monoisotopic (exact) mass is 410 g/mol. The lowest BCUT2D eigenvalue weighted by Gasteiger charge is -2.22. The first-order valence-electron chi connectivity index (χ1n) is 8.42. The summed E-state index contributed by atoms with van der Waals surface area (Å²) in [5.41, 5.74) is 1.50. The van der Waals surface area contributed by atoms with Gasteiger partial charge < -0.3 is 10.1 Å². The predicted molar refractivity (Wildman–Crippen MR) is 108 cm³/mol. The Labute approximate surface area is 165 Å². The molecule has 27 heavy (non-hydrogen) atoms. The second-order valence-electron chi connectivity index (χ2n) is 6.05. The molecule has 0 unspecified atom stereocenters. The normalized spacial score (nSPS) is 11.1. The minimum atomic E-state index is -3.61. The minimum absolute atomic E-state index is 0.290. The van der Waals surface area contributed by atoms with Gasteiger partial charge in [0.2, 0.25) is 15.9 Å². The maximum atomic E-state index is 12.2. The molecular weight excluding hydrogens is 388 g/mol. The van der Waals surface area contributed by atoms with Crippen molar-refractivity contribution in [1.29, 1.82) is 0 Å². The fraction of sp³-hybridized carbons (Fsp3) is 0.316. The van der Waals surface area contributed by atoms with Crippen molar-refractivity contribution in [2.45, 2.75) is 12.8 Å². The van der Waals surface area contributed by atoms with Crippen LogP contribution in [0.15, 0.2) is 48.5 Å². The summed E-state index contributed by atoms with van der Waals surface area (Å²) in [4.78, 5) is 12.2. The molecule has 0 saturated carbocycles. The van der Waals surface area contributed by atoms with E-state index in [1.54, 1.807) is 25.3 Å². The molecule has 0 bridgehead atoms. The van der Waals surface area contributed by atoms with E-state index in [0.717, 1.165) is 34.7 Å². The Bertz CT molecular complexity index is 870. The smallest absolute Gasteiger partial charge is 0.240 e. The highest BCUT2D eigenvalue weighted by Crippen LogP contribution is 2.21. The van der Waals surface area contributed by atoms with E-state index in [1.807, 2.05) is 24.3 Å². The molecule has 0 aliphatic carbocycles. The molecule has 0 aliphatic heterocycles. The summed E-state index contributed by atoms with van der Waals surface area (Å²) >= 11 is 5.93. The third-order valence-corrected chi connectivity index (χ3v) is 5.28. The van der Waals surface area contributed by atoms with Crippen LogP contribution in [-0.2, 0) is 21.2 Å². The molecule has 0 aliphatic rings. The molecule has 0 aromatic heterocycles. The van der Waals surface area contributed by atoms with Crippen LogP contribution < -0.4 is 14.4 Å². The van der Waals surface area contributed by atoms with Gasteiger partial charge in [0.15, 0.2) is 0 Å². The maximum absolute atomic E-state index is 12.2. The van der Waals surface area contributed by atoms with Crippen LogP contribution >= 0.6 is 11.6 Å². The van der Waals surface area contributed by atoms with E-state index in [4.69, 9.17) is 16.3 Å². The zero-order valence-electron chi connectivity index (χ0n) is 15.3. The summed E-state index contributed by atoms with van der Waals surface area (Å²) in [7, 11) is -1.99. The number of hydrogen-bond donors (Lipinski definition) is 1. The molecule has 146 valence electrons. The molecule has 0 fully saturated rings. The van der Waals surface area contributed by atoms with Crippen molar-refractivity contribution in [3.05, 3.63) is 59.1 Å². The molecule has 1 amide bonds. The third kappa shape index (κ3) is 6.77. The van der Waals surface area contributed by atoms with Crippen LogP contribution in [-0.4, -0.2) is 40.8 Å². The Balaban J connectivity index is 1.86. The summed E-state index contributed by atoms with van der Waals surface area (Å²) in [5, 5.41) is 3.16. The minimum Gasteiger partial charge on any atom is -0.497 e. The molecule has 0 saturated heterocycles. The van der Waals surface area contributed by atoms with Crippen LogP contribution in [0.3, 0.4) is 0 Å². The number of rotatable bonds is 9. The van der Waals surface area contributed by atoms with E-state index in [0.29, 0.717) is 17.3 Å². The van der Waals surface area contributed by atoms with E-state index in [1.165, 1.54) is 6.07 Å². The van der Waals surface area contributed by atoms with Gasteiger partial charge in [0.05, 0.1) is 19.1 Å². The van der Waals surface area contributed by atoms with Crippen molar-refractivity contribution < 1.29 is 17.9 Å².